The smallest absolute Gasteiger partial charge is 0.232 e. The molecule has 2 aromatic heterocycles. The van der Waals surface area contributed by atoms with Gasteiger partial charge in [0, 0.05) is 12.2 Å². The molecular weight excluding hydrogens is 350 g/mol. The van der Waals surface area contributed by atoms with Crippen molar-refractivity contribution in [3.05, 3.63) is 36.2 Å². The standard InChI is InChI=1S/C16H21N9S/c1-10(2)9-25-16(22-23-24-25)26-11(3)13-19-14(17)21-15(20-13)18-12-7-5-4-6-8-12/h4-8,10-11H,9H2,1-3H3,(H3,17,18,19,20,21). The third kappa shape index (κ3) is 4.66. The van der Waals surface area contributed by atoms with Gasteiger partial charge in [-0.15, -0.1) is 5.10 Å². The lowest BCUT2D eigenvalue weighted by Crippen LogP contribution is -2.10. The molecule has 0 spiro atoms. The van der Waals surface area contributed by atoms with Gasteiger partial charge in [0.1, 0.15) is 5.82 Å². The number of para-hydroxylation sites is 1. The van der Waals surface area contributed by atoms with Gasteiger partial charge < -0.3 is 11.1 Å². The number of anilines is 3. The van der Waals surface area contributed by atoms with E-state index in [1.54, 1.807) is 4.68 Å². The zero-order chi connectivity index (χ0) is 18.5. The number of thioether (sulfide) groups is 1. The Hall–Kier alpha value is -2.75. The molecule has 9 nitrogen and oxygen atoms in total. The van der Waals surface area contributed by atoms with Gasteiger partial charge in [-0.05, 0) is 35.4 Å². The Bertz CT molecular complexity index is 850. The molecule has 136 valence electrons. The summed E-state index contributed by atoms with van der Waals surface area (Å²) in [5, 5.41) is 15.7. The van der Waals surface area contributed by atoms with Crippen LogP contribution in [-0.2, 0) is 6.54 Å². The summed E-state index contributed by atoms with van der Waals surface area (Å²) >= 11 is 1.49. The van der Waals surface area contributed by atoms with Crippen molar-refractivity contribution < 1.29 is 0 Å². The minimum absolute atomic E-state index is 0.0893. The molecule has 0 saturated heterocycles. The molecule has 3 aromatic rings. The predicted octanol–water partition coefficient (Wildman–Crippen LogP) is 2.69. The van der Waals surface area contributed by atoms with Crippen LogP contribution in [0.2, 0.25) is 0 Å². The Morgan fingerprint density at radius 3 is 2.62 bits per heavy atom. The first-order valence-electron chi connectivity index (χ1n) is 8.27. The van der Waals surface area contributed by atoms with Crippen LogP contribution < -0.4 is 11.1 Å². The summed E-state index contributed by atoms with van der Waals surface area (Å²) < 4.78 is 1.79. The fraction of sp³-hybridized carbons (Fsp3) is 0.375. The van der Waals surface area contributed by atoms with Gasteiger partial charge >= 0.3 is 0 Å². The van der Waals surface area contributed by atoms with Gasteiger partial charge in [0.15, 0.2) is 0 Å². The van der Waals surface area contributed by atoms with Crippen molar-refractivity contribution in [3.63, 3.8) is 0 Å². The van der Waals surface area contributed by atoms with Crippen molar-refractivity contribution in [2.75, 3.05) is 11.1 Å². The zero-order valence-electron chi connectivity index (χ0n) is 14.9. The van der Waals surface area contributed by atoms with Gasteiger partial charge in [-0.25, -0.2) is 4.68 Å². The predicted molar refractivity (Wildman–Crippen MR) is 101 cm³/mol. The van der Waals surface area contributed by atoms with E-state index in [0.29, 0.717) is 17.7 Å². The molecule has 0 fully saturated rings. The largest absolute Gasteiger partial charge is 0.368 e. The van der Waals surface area contributed by atoms with Crippen LogP contribution in [0.3, 0.4) is 0 Å². The SMILES string of the molecule is CC(C)Cn1nnnc1SC(C)c1nc(N)nc(Nc2ccccc2)n1. The van der Waals surface area contributed by atoms with Crippen LogP contribution >= 0.6 is 11.8 Å². The number of nitrogens with two attached hydrogens (primary N) is 1. The molecule has 2 heterocycles. The Balaban J connectivity index is 1.77. The molecule has 1 aromatic carbocycles. The van der Waals surface area contributed by atoms with Gasteiger partial charge in [0.25, 0.3) is 0 Å². The summed E-state index contributed by atoms with van der Waals surface area (Å²) in [4.78, 5) is 12.9. The molecule has 3 rings (SSSR count). The van der Waals surface area contributed by atoms with Crippen LogP contribution in [0.4, 0.5) is 17.6 Å². The number of nitrogen functional groups attached to an aromatic ring is 1. The van der Waals surface area contributed by atoms with E-state index in [9.17, 15) is 0 Å². The van der Waals surface area contributed by atoms with Crippen LogP contribution in [0.5, 0.6) is 0 Å². The van der Waals surface area contributed by atoms with E-state index < -0.39 is 0 Å². The number of nitrogens with one attached hydrogen (secondary N) is 1. The fourth-order valence-electron chi connectivity index (χ4n) is 2.25. The van der Waals surface area contributed by atoms with Crippen molar-refractivity contribution in [1.82, 2.24) is 35.2 Å². The molecule has 0 aliphatic heterocycles. The molecule has 0 aliphatic rings. The first kappa shape index (κ1) is 18.1. The minimum atomic E-state index is -0.0893. The summed E-state index contributed by atoms with van der Waals surface area (Å²) in [7, 11) is 0. The average Bonchev–Trinajstić information content (AvgIpc) is 3.01. The highest BCUT2D eigenvalue weighted by Gasteiger charge is 2.18. The molecular formula is C16H21N9S. The van der Waals surface area contributed by atoms with Crippen LogP contribution in [0.25, 0.3) is 0 Å². The van der Waals surface area contributed by atoms with Gasteiger partial charge in [-0.3, -0.25) is 0 Å². The second-order valence-electron chi connectivity index (χ2n) is 6.16. The van der Waals surface area contributed by atoms with Gasteiger partial charge in [0.05, 0.1) is 5.25 Å². The van der Waals surface area contributed by atoms with E-state index in [4.69, 9.17) is 5.73 Å². The maximum absolute atomic E-state index is 5.86. The zero-order valence-corrected chi connectivity index (χ0v) is 15.7. The molecule has 10 heteroatoms. The molecule has 0 aliphatic carbocycles. The lowest BCUT2D eigenvalue weighted by molar-refractivity contribution is 0.445. The summed E-state index contributed by atoms with van der Waals surface area (Å²) in [5.74, 6) is 1.60. The summed E-state index contributed by atoms with van der Waals surface area (Å²) in [5.41, 5.74) is 6.74. The second-order valence-corrected chi connectivity index (χ2v) is 7.47. The van der Waals surface area contributed by atoms with E-state index in [-0.39, 0.29) is 11.2 Å². The van der Waals surface area contributed by atoms with Crippen molar-refractivity contribution in [1.29, 1.82) is 0 Å². The van der Waals surface area contributed by atoms with Crippen molar-refractivity contribution >= 4 is 29.3 Å². The highest BCUT2D eigenvalue weighted by Crippen LogP contribution is 2.32. The van der Waals surface area contributed by atoms with Gasteiger partial charge in [-0.2, -0.15) is 15.0 Å². The Morgan fingerprint density at radius 1 is 1.12 bits per heavy atom. The Kier molecular flexibility index (Phi) is 5.61. The summed E-state index contributed by atoms with van der Waals surface area (Å²) in [6.07, 6.45) is 0. The lowest BCUT2D eigenvalue weighted by atomic mass is 10.2. The quantitative estimate of drug-likeness (QED) is 0.604. The fourth-order valence-corrected chi connectivity index (χ4v) is 3.09. The van der Waals surface area contributed by atoms with E-state index in [1.165, 1.54) is 11.8 Å². The third-order valence-corrected chi connectivity index (χ3v) is 4.45. The third-order valence-electron chi connectivity index (χ3n) is 3.38. The minimum Gasteiger partial charge on any atom is -0.368 e. The number of benzene rings is 1. The molecule has 1 unspecified atom stereocenters. The lowest BCUT2D eigenvalue weighted by Gasteiger charge is -2.12. The first-order chi connectivity index (χ1) is 12.5. The molecule has 0 saturated carbocycles. The van der Waals surface area contributed by atoms with Crippen molar-refractivity contribution in [2.24, 2.45) is 5.92 Å². The van der Waals surface area contributed by atoms with Crippen molar-refractivity contribution in [3.8, 4) is 0 Å². The first-order valence-corrected chi connectivity index (χ1v) is 9.15. The topological polar surface area (TPSA) is 120 Å². The summed E-state index contributed by atoms with van der Waals surface area (Å²) in [6.45, 7) is 6.98. The molecule has 0 amide bonds. The number of tetrazole rings is 1. The van der Waals surface area contributed by atoms with Crippen LogP contribution in [0, 0.1) is 5.92 Å². The number of aromatic nitrogens is 7. The molecule has 3 N–H and O–H groups in total. The van der Waals surface area contributed by atoms with E-state index in [0.717, 1.165) is 17.4 Å². The number of hydrogen-bond acceptors (Lipinski definition) is 9. The van der Waals surface area contributed by atoms with Crippen LogP contribution in [0.1, 0.15) is 31.8 Å². The normalized spacial score (nSPS) is 12.3. The van der Waals surface area contributed by atoms with Crippen LogP contribution in [-0.4, -0.2) is 35.2 Å². The highest BCUT2D eigenvalue weighted by molar-refractivity contribution is 7.99. The molecule has 0 bridgehead atoms. The molecule has 26 heavy (non-hydrogen) atoms. The van der Waals surface area contributed by atoms with Gasteiger partial charge in [-0.1, -0.05) is 43.8 Å². The summed E-state index contributed by atoms with van der Waals surface area (Å²) in [6, 6.07) is 9.66. The highest BCUT2D eigenvalue weighted by atomic mass is 32.2. The van der Waals surface area contributed by atoms with Crippen molar-refractivity contribution in [2.45, 2.75) is 37.7 Å². The van der Waals surface area contributed by atoms with E-state index >= 15 is 0 Å². The number of rotatable bonds is 7. The van der Waals surface area contributed by atoms with E-state index in [1.807, 2.05) is 37.3 Å². The Labute approximate surface area is 155 Å². The average molecular weight is 371 g/mol. The number of nitrogens with zero attached hydrogens (tertiary/aromatic N) is 7. The Morgan fingerprint density at radius 2 is 1.88 bits per heavy atom. The monoisotopic (exact) mass is 371 g/mol. The van der Waals surface area contributed by atoms with Gasteiger partial charge in [0.2, 0.25) is 17.1 Å². The van der Waals surface area contributed by atoms with Crippen LogP contribution in [0.15, 0.2) is 35.5 Å². The maximum Gasteiger partial charge on any atom is 0.232 e. The second kappa shape index (κ2) is 8.09. The van der Waals surface area contributed by atoms with E-state index in [2.05, 4.69) is 49.6 Å². The number of hydrogen-bond donors (Lipinski definition) is 2. The maximum atomic E-state index is 5.86. The molecule has 0 radical (unpaired) electrons. The molecule has 1 atom stereocenters.